The van der Waals surface area contributed by atoms with Crippen molar-refractivity contribution in [3.63, 3.8) is 0 Å². The number of nitrogens with one attached hydrogen (secondary N) is 3. The Morgan fingerprint density at radius 3 is 2.58 bits per heavy atom. The third-order valence-corrected chi connectivity index (χ3v) is 4.20. The van der Waals surface area contributed by atoms with Crippen LogP contribution in [0.2, 0.25) is 0 Å². The SMILES string of the molecule is CSCC[C@H](NN(Cc1ccc(F)cc1)c1cc(=O)c(=O)[nH][nH]1)C(=O)O. The molecule has 26 heavy (non-hydrogen) atoms. The minimum absolute atomic E-state index is 0.144. The van der Waals surface area contributed by atoms with Gasteiger partial charge in [0.15, 0.2) is 0 Å². The second-order valence-electron chi connectivity index (χ2n) is 5.49. The molecule has 2 rings (SSSR count). The van der Waals surface area contributed by atoms with Gasteiger partial charge in [-0.2, -0.15) is 11.8 Å². The molecule has 2 aromatic rings. The first-order valence-electron chi connectivity index (χ1n) is 7.72. The zero-order valence-corrected chi connectivity index (χ0v) is 14.8. The number of aromatic amines is 2. The fourth-order valence-corrected chi connectivity index (χ4v) is 2.66. The number of aliphatic carboxylic acids is 1. The van der Waals surface area contributed by atoms with E-state index < -0.39 is 28.8 Å². The molecule has 0 unspecified atom stereocenters. The molecule has 0 fully saturated rings. The Labute approximate surface area is 152 Å². The molecule has 140 valence electrons. The maximum atomic E-state index is 13.1. The first-order valence-corrected chi connectivity index (χ1v) is 9.12. The molecule has 0 aliphatic heterocycles. The van der Waals surface area contributed by atoms with Gasteiger partial charge in [-0.25, -0.2) is 9.82 Å². The molecule has 0 aliphatic rings. The van der Waals surface area contributed by atoms with E-state index in [1.807, 2.05) is 6.26 Å². The molecule has 4 N–H and O–H groups in total. The fraction of sp³-hybridized carbons (Fsp3) is 0.312. The quantitative estimate of drug-likeness (QED) is 0.376. The van der Waals surface area contributed by atoms with E-state index in [9.17, 15) is 23.9 Å². The minimum atomic E-state index is -1.05. The van der Waals surface area contributed by atoms with Gasteiger partial charge in [0, 0.05) is 6.07 Å². The molecule has 0 saturated heterocycles. The monoisotopic (exact) mass is 382 g/mol. The predicted octanol–water partition coefficient (Wildman–Crippen LogP) is 0.920. The smallest absolute Gasteiger partial charge is 0.322 e. The molecular weight excluding hydrogens is 363 g/mol. The van der Waals surface area contributed by atoms with Gasteiger partial charge in [0.2, 0.25) is 5.43 Å². The summed E-state index contributed by atoms with van der Waals surface area (Å²) in [4.78, 5) is 34.4. The lowest BCUT2D eigenvalue weighted by atomic mass is 10.2. The number of halogens is 1. The summed E-state index contributed by atoms with van der Waals surface area (Å²) in [6.45, 7) is 0.144. The molecule has 8 nitrogen and oxygen atoms in total. The van der Waals surface area contributed by atoms with Gasteiger partial charge in [-0.15, -0.1) is 0 Å². The molecule has 0 radical (unpaired) electrons. The van der Waals surface area contributed by atoms with Crippen LogP contribution in [0.4, 0.5) is 10.2 Å². The van der Waals surface area contributed by atoms with Crippen molar-refractivity contribution in [3.8, 4) is 0 Å². The van der Waals surface area contributed by atoms with Gasteiger partial charge in [0.1, 0.15) is 17.7 Å². The molecular formula is C16H19FN4O4S. The lowest BCUT2D eigenvalue weighted by Gasteiger charge is -2.28. The Morgan fingerprint density at radius 2 is 2.00 bits per heavy atom. The van der Waals surface area contributed by atoms with E-state index in [-0.39, 0.29) is 12.4 Å². The second kappa shape index (κ2) is 9.20. The van der Waals surface area contributed by atoms with Crippen molar-refractivity contribution in [2.24, 2.45) is 0 Å². The lowest BCUT2D eigenvalue weighted by Crippen LogP contribution is -2.49. The Bertz CT molecular complexity index is 852. The van der Waals surface area contributed by atoms with Crippen LogP contribution < -0.4 is 21.4 Å². The van der Waals surface area contributed by atoms with Gasteiger partial charge in [-0.05, 0) is 36.1 Å². The molecule has 0 aliphatic carbocycles. The molecule has 1 aromatic heterocycles. The van der Waals surface area contributed by atoms with E-state index in [0.717, 1.165) is 6.07 Å². The number of aromatic nitrogens is 2. The van der Waals surface area contributed by atoms with E-state index in [2.05, 4.69) is 15.6 Å². The summed E-state index contributed by atoms with van der Waals surface area (Å²) in [5, 5.41) is 15.6. The number of nitrogens with zero attached hydrogens (tertiary/aromatic N) is 1. The molecule has 0 bridgehead atoms. The Hall–Kier alpha value is -2.59. The highest BCUT2D eigenvalue weighted by Gasteiger charge is 2.21. The third-order valence-electron chi connectivity index (χ3n) is 3.56. The summed E-state index contributed by atoms with van der Waals surface area (Å²) in [5.41, 5.74) is 1.95. The molecule has 1 heterocycles. The van der Waals surface area contributed by atoms with Crippen LogP contribution in [0.1, 0.15) is 12.0 Å². The van der Waals surface area contributed by atoms with Crippen LogP contribution in [-0.2, 0) is 11.3 Å². The predicted molar refractivity (Wildman–Crippen MR) is 97.8 cm³/mol. The van der Waals surface area contributed by atoms with Gasteiger partial charge in [-0.1, -0.05) is 12.1 Å². The summed E-state index contributed by atoms with van der Waals surface area (Å²) < 4.78 is 13.1. The molecule has 10 heteroatoms. The third kappa shape index (κ3) is 5.46. The van der Waals surface area contributed by atoms with Gasteiger partial charge in [0.25, 0.3) is 0 Å². The van der Waals surface area contributed by atoms with Gasteiger partial charge in [0.05, 0.1) is 6.54 Å². The highest BCUT2D eigenvalue weighted by atomic mass is 32.2. The summed E-state index contributed by atoms with van der Waals surface area (Å²) in [7, 11) is 0. The fourth-order valence-electron chi connectivity index (χ4n) is 2.19. The standard InChI is InChI=1S/C16H19FN4O4S/c1-26-7-6-12(16(24)25)20-21(9-10-2-4-11(17)5-3-10)14-8-13(22)15(23)19-18-14/h2-5,8,12,20H,6-7,9H2,1H3,(H,18,22)(H,19,23)(H,24,25)/t12-/m0/s1. The van der Waals surface area contributed by atoms with E-state index >= 15 is 0 Å². The van der Waals surface area contributed by atoms with E-state index in [1.165, 1.54) is 28.9 Å². The van der Waals surface area contributed by atoms with Crippen LogP contribution in [0.5, 0.6) is 0 Å². The Kier molecular flexibility index (Phi) is 6.98. The van der Waals surface area contributed by atoms with E-state index in [1.54, 1.807) is 12.1 Å². The molecule has 0 spiro atoms. The average molecular weight is 382 g/mol. The summed E-state index contributed by atoms with van der Waals surface area (Å²) in [6, 6.07) is 5.83. The zero-order chi connectivity index (χ0) is 19.1. The number of H-pyrrole nitrogens is 2. The largest absolute Gasteiger partial charge is 0.480 e. The number of rotatable bonds is 9. The minimum Gasteiger partial charge on any atom is -0.480 e. The molecule has 1 atom stereocenters. The van der Waals surface area contributed by atoms with Crippen molar-refractivity contribution < 1.29 is 14.3 Å². The lowest BCUT2D eigenvalue weighted by molar-refractivity contribution is -0.139. The second-order valence-corrected chi connectivity index (χ2v) is 6.47. The van der Waals surface area contributed by atoms with Crippen LogP contribution >= 0.6 is 11.8 Å². The Morgan fingerprint density at radius 1 is 1.31 bits per heavy atom. The Balaban J connectivity index is 2.31. The number of benzene rings is 1. The molecule has 0 amide bonds. The first-order chi connectivity index (χ1) is 12.4. The number of hydrogen-bond acceptors (Lipinski definition) is 6. The number of carbonyl (C=O) groups is 1. The van der Waals surface area contributed by atoms with Crippen LogP contribution in [0.25, 0.3) is 0 Å². The number of hydrazine groups is 1. The van der Waals surface area contributed by atoms with Gasteiger partial charge < -0.3 is 5.11 Å². The average Bonchev–Trinajstić information content (AvgIpc) is 2.61. The van der Waals surface area contributed by atoms with Crippen molar-refractivity contribution in [3.05, 3.63) is 62.3 Å². The maximum absolute atomic E-state index is 13.1. The number of hydrogen-bond donors (Lipinski definition) is 4. The summed E-state index contributed by atoms with van der Waals surface area (Å²) in [5.74, 6) is -0.630. The van der Waals surface area contributed by atoms with Crippen molar-refractivity contribution in [1.29, 1.82) is 0 Å². The van der Waals surface area contributed by atoms with Crippen molar-refractivity contribution in [1.82, 2.24) is 15.6 Å². The summed E-state index contributed by atoms with van der Waals surface area (Å²) in [6.07, 6.45) is 2.22. The van der Waals surface area contributed by atoms with Crippen LogP contribution in [0.3, 0.4) is 0 Å². The van der Waals surface area contributed by atoms with Crippen LogP contribution in [0.15, 0.2) is 39.9 Å². The van der Waals surface area contributed by atoms with Gasteiger partial charge >= 0.3 is 11.5 Å². The van der Waals surface area contributed by atoms with Crippen molar-refractivity contribution in [2.75, 3.05) is 17.0 Å². The summed E-state index contributed by atoms with van der Waals surface area (Å²) >= 11 is 1.51. The topological polar surface area (TPSA) is 118 Å². The highest BCUT2D eigenvalue weighted by molar-refractivity contribution is 7.98. The van der Waals surface area contributed by atoms with Gasteiger partial charge in [-0.3, -0.25) is 29.6 Å². The van der Waals surface area contributed by atoms with Crippen molar-refractivity contribution >= 4 is 23.5 Å². The van der Waals surface area contributed by atoms with Crippen LogP contribution in [-0.4, -0.2) is 39.3 Å². The molecule has 1 aromatic carbocycles. The number of anilines is 1. The van der Waals surface area contributed by atoms with E-state index in [0.29, 0.717) is 17.7 Å². The zero-order valence-electron chi connectivity index (χ0n) is 14.0. The van der Waals surface area contributed by atoms with Crippen LogP contribution in [0, 0.1) is 5.82 Å². The normalized spacial score (nSPS) is 11.9. The van der Waals surface area contributed by atoms with Crippen molar-refractivity contribution in [2.45, 2.75) is 19.0 Å². The number of thioether (sulfide) groups is 1. The van der Waals surface area contributed by atoms with E-state index in [4.69, 9.17) is 0 Å². The maximum Gasteiger partial charge on any atom is 0.322 e. The molecule has 0 saturated carbocycles. The number of carboxylic acids is 1. The first kappa shape index (κ1) is 19.7. The highest BCUT2D eigenvalue weighted by Crippen LogP contribution is 2.12. The number of carboxylic acid groups (broad SMARTS) is 1.